The van der Waals surface area contributed by atoms with E-state index in [1.54, 1.807) is 25.2 Å². The van der Waals surface area contributed by atoms with Crippen molar-refractivity contribution in [3.63, 3.8) is 0 Å². The Labute approximate surface area is 148 Å². The summed E-state index contributed by atoms with van der Waals surface area (Å²) in [5.74, 6) is 1.80. The zero-order valence-electron chi connectivity index (χ0n) is 13.5. The van der Waals surface area contributed by atoms with Crippen LogP contribution >= 0.6 is 15.9 Å². The number of hydrogen-bond donors (Lipinski definition) is 1. The number of ether oxygens (including phenoxy) is 2. The number of carbonyl (C=O) groups excluding carboxylic acids is 1. The Hall–Kier alpha value is -2.28. The Morgan fingerprint density at radius 3 is 2.83 bits per heavy atom. The number of amides is 1. The Bertz CT molecular complexity index is 754. The van der Waals surface area contributed by atoms with Crippen LogP contribution in [-0.4, -0.2) is 37.7 Å². The molecule has 1 atom stereocenters. The van der Waals surface area contributed by atoms with Crippen LogP contribution in [0.15, 0.2) is 40.9 Å². The number of nitrogens with one attached hydrogen (secondary N) is 1. The van der Waals surface area contributed by atoms with Gasteiger partial charge in [-0.3, -0.25) is 9.69 Å². The maximum absolute atomic E-state index is 12.7. The molecule has 0 saturated carbocycles. The minimum atomic E-state index is -0.284. The van der Waals surface area contributed by atoms with E-state index in [9.17, 15) is 4.79 Å². The molecule has 1 N–H and O–H groups in total. The first-order valence-electron chi connectivity index (χ1n) is 7.55. The highest BCUT2D eigenvalue weighted by Gasteiger charge is 2.33. The van der Waals surface area contributed by atoms with E-state index in [1.807, 2.05) is 30.3 Å². The SMILES string of the molecule is COc1cccc(NC2CCN(c3ccc(Br)c(OC)n3)C2=O)c1. The Balaban J connectivity index is 1.75. The van der Waals surface area contributed by atoms with Crippen LogP contribution in [0.3, 0.4) is 0 Å². The van der Waals surface area contributed by atoms with Crippen LogP contribution < -0.4 is 19.7 Å². The van der Waals surface area contributed by atoms with Crippen molar-refractivity contribution in [2.75, 3.05) is 31.0 Å². The molecule has 1 unspecified atom stereocenters. The molecule has 0 bridgehead atoms. The number of halogens is 1. The van der Waals surface area contributed by atoms with Gasteiger partial charge < -0.3 is 14.8 Å². The summed E-state index contributed by atoms with van der Waals surface area (Å²) in [4.78, 5) is 18.7. The Kier molecular flexibility index (Phi) is 4.89. The van der Waals surface area contributed by atoms with Crippen LogP contribution in [0.4, 0.5) is 11.5 Å². The molecule has 0 radical (unpaired) electrons. The van der Waals surface area contributed by atoms with Crippen LogP contribution in [0.25, 0.3) is 0 Å². The standard InChI is InChI=1S/C17H18BrN3O3/c1-23-12-5-3-4-11(10-12)19-14-8-9-21(17(14)22)15-7-6-13(18)16(20-15)24-2/h3-7,10,14,19H,8-9H2,1-2H3. The van der Waals surface area contributed by atoms with Gasteiger partial charge in [-0.2, -0.15) is 4.98 Å². The summed E-state index contributed by atoms with van der Waals surface area (Å²) in [6.07, 6.45) is 0.704. The van der Waals surface area contributed by atoms with E-state index >= 15 is 0 Å². The first-order valence-corrected chi connectivity index (χ1v) is 8.34. The predicted octanol–water partition coefficient (Wildman–Crippen LogP) is 3.08. The monoisotopic (exact) mass is 391 g/mol. The highest BCUT2D eigenvalue weighted by Crippen LogP contribution is 2.29. The lowest BCUT2D eigenvalue weighted by atomic mass is 10.2. The summed E-state index contributed by atoms with van der Waals surface area (Å²) in [7, 11) is 3.17. The maximum Gasteiger partial charge on any atom is 0.250 e. The van der Waals surface area contributed by atoms with Gasteiger partial charge in [-0.05, 0) is 46.6 Å². The zero-order chi connectivity index (χ0) is 17.1. The van der Waals surface area contributed by atoms with E-state index in [1.165, 1.54) is 0 Å². The number of benzene rings is 1. The molecular formula is C17H18BrN3O3. The van der Waals surface area contributed by atoms with Gasteiger partial charge in [0.25, 0.3) is 5.91 Å². The molecule has 7 heteroatoms. The molecule has 1 aliphatic heterocycles. The van der Waals surface area contributed by atoms with E-state index < -0.39 is 0 Å². The van der Waals surface area contributed by atoms with Crippen molar-refractivity contribution in [3.8, 4) is 11.6 Å². The summed E-state index contributed by atoms with van der Waals surface area (Å²) < 4.78 is 11.2. The van der Waals surface area contributed by atoms with Gasteiger partial charge in [0, 0.05) is 18.3 Å². The number of anilines is 2. The van der Waals surface area contributed by atoms with Gasteiger partial charge in [-0.25, -0.2) is 0 Å². The van der Waals surface area contributed by atoms with Gasteiger partial charge >= 0.3 is 0 Å². The first-order chi connectivity index (χ1) is 11.6. The van der Waals surface area contributed by atoms with E-state index in [-0.39, 0.29) is 11.9 Å². The van der Waals surface area contributed by atoms with Crippen LogP contribution in [0.1, 0.15) is 6.42 Å². The number of aromatic nitrogens is 1. The topological polar surface area (TPSA) is 63.7 Å². The number of nitrogens with zero attached hydrogens (tertiary/aromatic N) is 2. The molecule has 1 saturated heterocycles. The summed E-state index contributed by atoms with van der Waals surface area (Å²) in [5.41, 5.74) is 0.857. The van der Waals surface area contributed by atoms with Crippen molar-refractivity contribution in [2.45, 2.75) is 12.5 Å². The van der Waals surface area contributed by atoms with Crippen molar-refractivity contribution < 1.29 is 14.3 Å². The summed E-state index contributed by atoms with van der Waals surface area (Å²) in [5, 5.41) is 3.27. The van der Waals surface area contributed by atoms with Gasteiger partial charge in [0.05, 0.1) is 18.7 Å². The van der Waals surface area contributed by atoms with E-state index in [4.69, 9.17) is 9.47 Å². The lowest BCUT2D eigenvalue weighted by molar-refractivity contribution is -0.117. The fraction of sp³-hybridized carbons (Fsp3) is 0.294. The minimum Gasteiger partial charge on any atom is -0.497 e. The van der Waals surface area contributed by atoms with Crippen molar-refractivity contribution in [1.82, 2.24) is 4.98 Å². The van der Waals surface area contributed by atoms with Gasteiger partial charge in [0.1, 0.15) is 17.6 Å². The average Bonchev–Trinajstić information content (AvgIpc) is 2.96. The quantitative estimate of drug-likeness (QED) is 0.848. The van der Waals surface area contributed by atoms with Crippen LogP contribution in [-0.2, 0) is 4.79 Å². The number of pyridine rings is 1. The number of rotatable bonds is 5. The Morgan fingerprint density at radius 1 is 1.25 bits per heavy atom. The lowest BCUT2D eigenvalue weighted by Crippen LogP contribution is -2.33. The van der Waals surface area contributed by atoms with Crippen molar-refractivity contribution in [3.05, 3.63) is 40.9 Å². The van der Waals surface area contributed by atoms with Crippen LogP contribution in [0.5, 0.6) is 11.6 Å². The fourth-order valence-corrected chi connectivity index (χ4v) is 3.05. The van der Waals surface area contributed by atoms with Gasteiger partial charge in [0.2, 0.25) is 5.88 Å². The number of carbonyl (C=O) groups is 1. The van der Waals surface area contributed by atoms with Crippen molar-refractivity contribution in [1.29, 1.82) is 0 Å². The third kappa shape index (κ3) is 3.31. The second-order valence-corrected chi connectivity index (χ2v) is 6.22. The highest BCUT2D eigenvalue weighted by molar-refractivity contribution is 9.10. The van der Waals surface area contributed by atoms with Gasteiger partial charge in [0.15, 0.2) is 0 Å². The summed E-state index contributed by atoms with van der Waals surface area (Å²) in [6.45, 7) is 0.609. The molecule has 2 aromatic rings. The second kappa shape index (κ2) is 7.09. The normalized spacial score (nSPS) is 17.0. The smallest absolute Gasteiger partial charge is 0.250 e. The van der Waals surface area contributed by atoms with E-state index in [0.717, 1.165) is 15.9 Å². The number of hydrogen-bond acceptors (Lipinski definition) is 5. The molecule has 0 aliphatic carbocycles. The molecule has 0 spiro atoms. The molecule has 1 aromatic heterocycles. The van der Waals surface area contributed by atoms with Crippen molar-refractivity contribution >= 4 is 33.3 Å². The largest absolute Gasteiger partial charge is 0.497 e. The van der Waals surface area contributed by atoms with Crippen LogP contribution in [0.2, 0.25) is 0 Å². The molecule has 6 nitrogen and oxygen atoms in total. The second-order valence-electron chi connectivity index (χ2n) is 5.37. The highest BCUT2D eigenvalue weighted by atomic mass is 79.9. The van der Waals surface area contributed by atoms with Crippen molar-refractivity contribution in [2.24, 2.45) is 0 Å². The van der Waals surface area contributed by atoms with E-state index in [0.29, 0.717) is 24.7 Å². The average molecular weight is 392 g/mol. The minimum absolute atomic E-state index is 0.00491. The zero-order valence-corrected chi connectivity index (χ0v) is 15.0. The molecular weight excluding hydrogens is 374 g/mol. The molecule has 1 aromatic carbocycles. The van der Waals surface area contributed by atoms with Gasteiger partial charge in [-0.15, -0.1) is 0 Å². The Morgan fingerprint density at radius 2 is 2.08 bits per heavy atom. The number of methoxy groups -OCH3 is 2. The molecule has 3 rings (SSSR count). The summed E-state index contributed by atoms with van der Waals surface area (Å²) in [6, 6.07) is 10.9. The molecule has 2 heterocycles. The fourth-order valence-electron chi connectivity index (χ4n) is 2.66. The molecule has 126 valence electrons. The maximum atomic E-state index is 12.7. The third-order valence-corrected chi connectivity index (χ3v) is 4.49. The van der Waals surface area contributed by atoms with Crippen LogP contribution in [0, 0.1) is 0 Å². The first kappa shape index (κ1) is 16.6. The lowest BCUT2D eigenvalue weighted by Gasteiger charge is -2.18. The van der Waals surface area contributed by atoms with Gasteiger partial charge in [-0.1, -0.05) is 6.07 Å². The molecule has 1 fully saturated rings. The predicted molar refractivity (Wildman–Crippen MR) is 95.9 cm³/mol. The molecule has 1 aliphatic rings. The molecule has 1 amide bonds. The third-order valence-electron chi connectivity index (χ3n) is 3.89. The van der Waals surface area contributed by atoms with E-state index in [2.05, 4.69) is 26.2 Å². The molecule has 24 heavy (non-hydrogen) atoms. The summed E-state index contributed by atoms with van der Waals surface area (Å²) >= 11 is 3.37.